The molecule has 26 heavy (non-hydrogen) atoms. The molecule has 0 saturated carbocycles. The third-order valence-electron chi connectivity index (χ3n) is 4.56. The molecule has 1 aliphatic carbocycles. The van der Waals surface area contributed by atoms with Crippen molar-refractivity contribution in [2.45, 2.75) is 29.8 Å². The van der Waals surface area contributed by atoms with E-state index in [0.717, 1.165) is 17.5 Å². The second-order valence-corrected chi connectivity index (χ2v) is 8.44. The van der Waals surface area contributed by atoms with Gasteiger partial charge in [-0.3, -0.25) is 0 Å². The van der Waals surface area contributed by atoms with Crippen molar-refractivity contribution in [2.75, 3.05) is 6.54 Å². The topological polar surface area (TPSA) is 104 Å². The number of benzene rings is 2. The van der Waals surface area contributed by atoms with Crippen LogP contribution in [0.15, 0.2) is 47.4 Å². The summed E-state index contributed by atoms with van der Waals surface area (Å²) in [7, 11) is -3.63. The second-order valence-electron chi connectivity index (χ2n) is 6.24. The van der Waals surface area contributed by atoms with Gasteiger partial charge in [0.2, 0.25) is 10.0 Å². The van der Waals surface area contributed by atoms with Gasteiger partial charge in [-0.05, 0) is 59.7 Å². The summed E-state index contributed by atoms with van der Waals surface area (Å²) in [6.07, 6.45) is -0.0868. The molecule has 2 aromatic rings. The summed E-state index contributed by atoms with van der Waals surface area (Å²) in [5.74, 6) is -1.29. The zero-order valence-electron chi connectivity index (χ0n) is 13.7. The molecule has 2 atom stereocenters. The maximum absolute atomic E-state index is 12.4. The van der Waals surface area contributed by atoms with Gasteiger partial charge in [0, 0.05) is 11.6 Å². The van der Waals surface area contributed by atoms with E-state index in [1.807, 2.05) is 0 Å². The highest BCUT2D eigenvalue weighted by atomic mass is 35.5. The number of carbonyl (C=O) groups is 1. The second kappa shape index (κ2) is 7.36. The van der Waals surface area contributed by atoms with Crippen molar-refractivity contribution in [1.82, 2.24) is 4.72 Å². The number of halogens is 1. The Balaban J connectivity index is 1.72. The molecule has 1 aliphatic rings. The fourth-order valence-electron chi connectivity index (χ4n) is 3.16. The Hall–Kier alpha value is -1.93. The molecular formula is C18H18ClNO5S. The van der Waals surface area contributed by atoms with Gasteiger partial charge < -0.3 is 10.2 Å². The van der Waals surface area contributed by atoms with Crippen molar-refractivity contribution in [2.24, 2.45) is 0 Å². The Labute approximate surface area is 156 Å². The van der Waals surface area contributed by atoms with Gasteiger partial charge >= 0.3 is 5.97 Å². The molecule has 2 aromatic carbocycles. The normalized spacial score (nSPS) is 17.7. The van der Waals surface area contributed by atoms with Crippen LogP contribution in [0.5, 0.6) is 0 Å². The summed E-state index contributed by atoms with van der Waals surface area (Å²) in [6.45, 7) is 0.249. The number of rotatable bonds is 6. The van der Waals surface area contributed by atoms with Crippen LogP contribution in [0.3, 0.4) is 0 Å². The number of carboxylic acid groups (broad SMARTS) is 1. The fourth-order valence-corrected chi connectivity index (χ4v) is 4.37. The predicted octanol–water partition coefficient (Wildman–Crippen LogP) is 2.47. The molecule has 6 nitrogen and oxygen atoms in total. The molecule has 0 aromatic heterocycles. The van der Waals surface area contributed by atoms with Gasteiger partial charge in [0.15, 0.2) is 6.10 Å². The van der Waals surface area contributed by atoms with Gasteiger partial charge in [-0.1, -0.05) is 29.8 Å². The first-order chi connectivity index (χ1) is 12.3. The Morgan fingerprint density at radius 3 is 2.58 bits per heavy atom. The third kappa shape index (κ3) is 3.91. The number of aliphatic carboxylic acids is 1. The predicted molar refractivity (Wildman–Crippen MR) is 96.7 cm³/mol. The fraction of sp³-hybridized carbons (Fsp3) is 0.278. The lowest BCUT2D eigenvalue weighted by atomic mass is 9.98. The molecule has 0 amide bonds. The number of nitrogens with one attached hydrogen (secondary N) is 1. The van der Waals surface area contributed by atoms with E-state index >= 15 is 0 Å². The number of carboxylic acids is 1. The molecule has 2 unspecified atom stereocenters. The van der Waals surface area contributed by atoms with E-state index in [2.05, 4.69) is 4.72 Å². The highest BCUT2D eigenvalue weighted by molar-refractivity contribution is 7.89. The monoisotopic (exact) mass is 395 g/mol. The molecule has 0 fully saturated rings. The molecule has 0 spiro atoms. The van der Waals surface area contributed by atoms with Crippen molar-refractivity contribution in [3.63, 3.8) is 0 Å². The number of sulfonamides is 1. The zero-order valence-corrected chi connectivity index (χ0v) is 15.3. The summed E-state index contributed by atoms with van der Waals surface area (Å²) in [4.78, 5) is 11.1. The number of aryl methyl sites for hydroxylation is 1. The quantitative estimate of drug-likeness (QED) is 0.697. The van der Waals surface area contributed by atoms with Gasteiger partial charge in [-0.2, -0.15) is 0 Å². The van der Waals surface area contributed by atoms with Crippen LogP contribution in [0.2, 0.25) is 5.02 Å². The Morgan fingerprint density at radius 2 is 1.92 bits per heavy atom. The molecule has 138 valence electrons. The molecule has 0 aliphatic heterocycles. The standard InChI is InChI=1S/C18H18ClNO5S/c19-14-4-6-15(7-5-14)26(24,25)20-10-13-2-1-11-9-12(3-8-16(11)13)17(21)18(22)23/h3-9,13,17,20-21H,1-2,10H2,(H,22,23). The van der Waals surface area contributed by atoms with E-state index in [1.165, 1.54) is 24.3 Å². The van der Waals surface area contributed by atoms with E-state index < -0.39 is 22.1 Å². The van der Waals surface area contributed by atoms with Crippen LogP contribution in [-0.2, 0) is 21.2 Å². The third-order valence-corrected chi connectivity index (χ3v) is 6.25. The van der Waals surface area contributed by atoms with Crippen LogP contribution in [0.25, 0.3) is 0 Å². The van der Waals surface area contributed by atoms with Crippen molar-refractivity contribution in [3.05, 3.63) is 64.2 Å². The van der Waals surface area contributed by atoms with Gasteiger partial charge in [0.05, 0.1) is 4.90 Å². The molecule has 8 heteroatoms. The number of aliphatic hydroxyl groups is 1. The summed E-state index contributed by atoms with van der Waals surface area (Å²) in [5, 5.41) is 19.0. The van der Waals surface area contributed by atoms with Gasteiger partial charge in [-0.25, -0.2) is 17.9 Å². The first kappa shape index (κ1) is 18.8. The number of fused-ring (bicyclic) bond motifs is 1. The largest absolute Gasteiger partial charge is 0.479 e. The van der Waals surface area contributed by atoms with Crippen LogP contribution in [0, 0.1) is 0 Å². The minimum atomic E-state index is -3.63. The van der Waals surface area contributed by atoms with Crippen LogP contribution >= 0.6 is 11.6 Å². The van der Waals surface area contributed by atoms with Gasteiger partial charge in [0.25, 0.3) is 0 Å². The molecule has 0 radical (unpaired) electrons. The SMILES string of the molecule is O=C(O)C(O)c1ccc2c(c1)CCC2CNS(=O)(=O)c1ccc(Cl)cc1. The molecule has 0 heterocycles. The average molecular weight is 396 g/mol. The van der Waals surface area contributed by atoms with Gasteiger partial charge in [0.1, 0.15) is 0 Å². The zero-order chi connectivity index (χ0) is 18.9. The van der Waals surface area contributed by atoms with E-state index in [1.54, 1.807) is 18.2 Å². The number of hydrogen-bond acceptors (Lipinski definition) is 4. The summed E-state index contributed by atoms with van der Waals surface area (Å²) >= 11 is 5.78. The van der Waals surface area contributed by atoms with E-state index in [9.17, 15) is 18.3 Å². The highest BCUT2D eigenvalue weighted by Crippen LogP contribution is 2.34. The average Bonchev–Trinajstić information content (AvgIpc) is 3.02. The molecular weight excluding hydrogens is 378 g/mol. The minimum Gasteiger partial charge on any atom is -0.479 e. The Bertz CT molecular complexity index is 927. The lowest BCUT2D eigenvalue weighted by Gasteiger charge is -2.14. The van der Waals surface area contributed by atoms with Crippen molar-refractivity contribution in [3.8, 4) is 0 Å². The van der Waals surface area contributed by atoms with E-state index in [0.29, 0.717) is 17.0 Å². The van der Waals surface area contributed by atoms with Crippen LogP contribution in [0.4, 0.5) is 0 Å². The summed E-state index contributed by atoms with van der Waals surface area (Å²) < 4.78 is 27.4. The number of aliphatic hydroxyl groups excluding tert-OH is 1. The highest BCUT2D eigenvalue weighted by Gasteiger charge is 2.26. The summed E-state index contributed by atoms with van der Waals surface area (Å²) in [5.41, 5.74) is 2.25. The van der Waals surface area contributed by atoms with E-state index in [-0.39, 0.29) is 17.4 Å². The van der Waals surface area contributed by atoms with Crippen LogP contribution in [0.1, 0.15) is 35.1 Å². The maximum Gasteiger partial charge on any atom is 0.337 e. The molecule has 3 rings (SSSR count). The Kier molecular flexibility index (Phi) is 5.34. The lowest BCUT2D eigenvalue weighted by molar-refractivity contribution is -0.146. The van der Waals surface area contributed by atoms with Crippen LogP contribution < -0.4 is 4.72 Å². The summed E-state index contributed by atoms with van der Waals surface area (Å²) in [6, 6.07) is 11.0. The lowest BCUT2D eigenvalue weighted by Crippen LogP contribution is -2.28. The first-order valence-corrected chi connectivity index (χ1v) is 9.93. The first-order valence-electron chi connectivity index (χ1n) is 8.07. The van der Waals surface area contributed by atoms with Crippen molar-refractivity contribution in [1.29, 1.82) is 0 Å². The van der Waals surface area contributed by atoms with Crippen LogP contribution in [-0.4, -0.2) is 31.1 Å². The minimum absolute atomic E-state index is 0.00287. The molecule has 0 saturated heterocycles. The van der Waals surface area contributed by atoms with Crippen molar-refractivity contribution < 1.29 is 23.4 Å². The molecule has 0 bridgehead atoms. The Morgan fingerprint density at radius 1 is 1.23 bits per heavy atom. The maximum atomic E-state index is 12.4. The smallest absolute Gasteiger partial charge is 0.337 e. The van der Waals surface area contributed by atoms with Gasteiger partial charge in [-0.15, -0.1) is 0 Å². The van der Waals surface area contributed by atoms with E-state index in [4.69, 9.17) is 16.7 Å². The van der Waals surface area contributed by atoms with Crippen molar-refractivity contribution >= 4 is 27.6 Å². The number of hydrogen-bond donors (Lipinski definition) is 3. The molecule has 3 N–H and O–H groups in total.